The molecule has 6 aromatic carbocycles. The van der Waals surface area contributed by atoms with E-state index in [0.29, 0.717) is 16.7 Å². The third-order valence-corrected chi connectivity index (χ3v) is 6.52. The van der Waals surface area contributed by atoms with Crippen LogP contribution in [0.2, 0.25) is 0 Å². The fraction of sp³-hybridized carbons (Fsp3) is 0. The van der Waals surface area contributed by atoms with Gasteiger partial charge in [0, 0.05) is 22.1 Å². The summed E-state index contributed by atoms with van der Waals surface area (Å²) in [5, 5.41) is 3.23. The van der Waals surface area contributed by atoms with E-state index in [1.165, 1.54) is 0 Å². The van der Waals surface area contributed by atoms with Crippen LogP contribution in [0.4, 0.5) is 17.1 Å². The number of anilines is 3. The van der Waals surface area contributed by atoms with Crippen LogP contribution in [-0.4, -0.2) is 0 Å². The predicted molar refractivity (Wildman–Crippen MR) is 151 cm³/mol. The Labute approximate surface area is 216 Å². The van der Waals surface area contributed by atoms with Gasteiger partial charge in [0.2, 0.25) is 0 Å². The van der Waals surface area contributed by atoms with Crippen molar-refractivity contribution >= 4 is 49.8 Å². The van der Waals surface area contributed by atoms with Crippen LogP contribution in [0.15, 0.2) is 144 Å². The molecule has 0 radical (unpaired) electrons. The number of fused-ring (bicyclic) bond motifs is 5. The SMILES string of the molecule is [2H]c1c([2H])c([2H])c(-c2cc3c(oc4cccc(N(c5ccccc5)c5ccccc5)c43)c3ccccc23)c([2H])c1[2H]. The summed E-state index contributed by atoms with van der Waals surface area (Å²) in [4.78, 5) is 2.18. The van der Waals surface area contributed by atoms with Crippen molar-refractivity contribution in [1.29, 1.82) is 0 Å². The fourth-order valence-corrected chi connectivity index (χ4v) is 4.99. The molecule has 0 amide bonds. The molecule has 1 heterocycles. The zero-order valence-corrected chi connectivity index (χ0v) is 19.2. The molecule has 170 valence electrons. The molecule has 0 bridgehead atoms. The lowest BCUT2D eigenvalue weighted by Gasteiger charge is -2.26. The highest BCUT2D eigenvalue weighted by atomic mass is 16.3. The molecule has 1 aromatic heterocycles. The van der Waals surface area contributed by atoms with E-state index in [9.17, 15) is 0 Å². The first-order valence-electron chi connectivity index (χ1n) is 14.3. The smallest absolute Gasteiger partial charge is 0.143 e. The third kappa shape index (κ3) is 3.27. The van der Waals surface area contributed by atoms with Crippen molar-refractivity contribution in [3.05, 3.63) is 139 Å². The van der Waals surface area contributed by atoms with Crippen LogP contribution >= 0.6 is 0 Å². The summed E-state index contributed by atoms with van der Waals surface area (Å²) in [6.45, 7) is 0. The van der Waals surface area contributed by atoms with E-state index in [1.54, 1.807) is 0 Å². The Morgan fingerprint density at radius 1 is 0.583 bits per heavy atom. The number of rotatable bonds is 4. The van der Waals surface area contributed by atoms with Crippen LogP contribution in [0, 0.1) is 0 Å². The minimum absolute atomic E-state index is 0.170. The number of benzene rings is 6. The average molecular weight is 467 g/mol. The van der Waals surface area contributed by atoms with Gasteiger partial charge in [0.25, 0.3) is 0 Å². The van der Waals surface area contributed by atoms with Gasteiger partial charge in [0.15, 0.2) is 0 Å². The van der Waals surface area contributed by atoms with Gasteiger partial charge < -0.3 is 9.32 Å². The minimum Gasteiger partial charge on any atom is -0.455 e. The van der Waals surface area contributed by atoms with E-state index in [2.05, 4.69) is 35.2 Å². The molecule has 0 saturated carbocycles. The first-order valence-corrected chi connectivity index (χ1v) is 11.8. The van der Waals surface area contributed by atoms with E-state index in [0.717, 1.165) is 38.6 Å². The van der Waals surface area contributed by atoms with Gasteiger partial charge in [-0.25, -0.2) is 0 Å². The molecule has 2 nitrogen and oxygen atoms in total. The summed E-state index contributed by atoms with van der Waals surface area (Å²) in [6, 6.07) is 34.1. The number of para-hydroxylation sites is 2. The van der Waals surface area contributed by atoms with Gasteiger partial charge in [-0.3, -0.25) is 0 Å². The summed E-state index contributed by atoms with van der Waals surface area (Å²) >= 11 is 0. The van der Waals surface area contributed by atoms with Crippen LogP contribution in [0.1, 0.15) is 6.85 Å². The second-order valence-electron chi connectivity index (χ2n) is 8.61. The molecule has 0 atom stereocenters. The molecule has 0 N–H and O–H groups in total. The molecule has 7 rings (SSSR count). The second kappa shape index (κ2) is 8.44. The van der Waals surface area contributed by atoms with Gasteiger partial charge in [-0.05, 0) is 59.0 Å². The molecule has 0 aliphatic heterocycles. The van der Waals surface area contributed by atoms with Gasteiger partial charge in [-0.1, -0.05) is 96.9 Å². The summed E-state index contributed by atoms with van der Waals surface area (Å²) in [6.07, 6.45) is 0. The van der Waals surface area contributed by atoms with Crippen molar-refractivity contribution in [1.82, 2.24) is 0 Å². The van der Waals surface area contributed by atoms with Crippen LogP contribution < -0.4 is 4.90 Å². The van der Waals surface area contributed by atoms with Gasteiger partial charge in [0.1, 0.15) is 11.2 Å². The zero-order valence-electron chi connectivity index (χ0n) is 24.2. The second-order valence-corrected chi connectivity index (χ2v) is 8.61. The summed E-state index contributed by atoms with van der Waals surface area (Å²) < 4.78 is 48.7. The van der Waals surface area contributed by atoms with E-state index < -0.39 is 6.04 Å². The Kier molecular flexibility index (Phi) is 3.74. The molecule has 0 unspecified atom stereocenters. The zero-order chi connectivity index (χ0) is 28.2. The number of furan rings is 1. The Morgan fingerprint density at radius 3 is 1.92 bits per heavy atom. The van der Waals surface area contributed by atoms with Crippen molar-refractivity contribution in [2.45, 2.75) is 0 Å². The van der Waals surface area contributed by atoms with Gasteiger partial charge in [0.05, 0.1) is 17.9 Å². The van der Waals surface area contributed by atoms with Gasteiger partial charge in [-0.15, -0.1) is 0 Å². The number of hydrogen-bond acceptors (Lipinski definition) is 2. The van der Waals surface area contributed by atoms with E-state index in [1.807, 2.05) is 78.9 Å². The molecule has 0 fully saturated rings. The lowest BCUT2D eigenvalue weighted by Crippen LogP contribution is -2.09. The van der Waals surface area contributed by atoms with E-state index in [-0.39, 0.29) is 29.7 Å². The van der Waals surface area contributed by atoms with Crippen LogP contribution in [0.5, 0.6) is 0 Å². The van der Waals surface area contributed by atoms with Gasteiger partial charge >= 0.3 is 0 Å². The lowest BCUT2D eigenvalue weighted by molar-refractivity contribution is 0.672. The highest BCUT2D eigenvalue weighted by Gasteiger charge is 2.21. The van der Waals surface area contributed by atoms with Crippen molar-refractivity contribution in [3.63, 3.8) is 0 Å². The van der Waals surface area contributed by atoms with Crippen molar-refractivity contribution in [3.8, 4) is 11.1 Å². The predicted octanol–water partition coefficient (Wildman–Crippen LogP) is 9.88. The van der Waals surface area contributed by atoms with Crippen LogP contribution in [0.25, 0.3) is 43.8 Å². The average Bonchev–Trinajstić information content (AvgIpc) is 3.40. The van der Waals surface area contributed by atoms with E-state index >= 15 is 0 Å². The first kappa shape index (κ1) is 16.0. The molecule has 0 saturated heterocycles. The minimum atomic E-state index is -0.411. The topological polar surface area (TPSA) is 16.4 Å². The monoisotopic (exact) mass is 466 g/mol. The Morgan fingerprint density at radius 2 is 1.22 bits per heavy atom. The lowest BCUT2D eigenvalue weighted by atomic mass is 9.95. The summed E-state index contributed by atoms with van der Waals surface area (Å²) in [5.41, 5.74) is 4.97. The summed E-state index contributed by atoms with van der Waals surface area (Å²) in [5.74, 6) is 0. The van der Waals surface area contributed by atoms with Crippen molar-refractivity contribution < 1.29 is 11.3 Å². The van der Waals surface area contributed by atoms with Crippen molar-refractivity contribution in [2.24, 2.45) is 0 Å². The normalized spacial score (nSPS) is 13.3. The van der Waals surface area contributed by atoms with Crippen molar-refractivity contribution in [2.75, 3.05) is 4.90 Å². The molecule has 0 aliphatic carbocycles. The maximum Gasteiger partial charge on any atom is 0.143 e. The molecule has 0 aliphatic rings. The molecular formula is C34H23NO. The highest BCUT2D eigenvalue weighted by Crippen LogP contribution is 2.45. The standard InChI is InChI=1S/C34H23NO/c1-4-13-24(14-5-1)29-23-30-33-31(35(25-15-6-2-7-16-25)26-17-8-3-9-18-26)21-12-22-32(33)36-34(30)28-20-11-10-19-27(28)29/h1-23H/i1D,4D,5D,13D,14D. The molecule has 7 aromatic rings. The fourth-order valence-electron chi connectivity index (χ4n) is 4.99. The Balaban J connectivity index is 1.62. The quantitative estimate of drug-likeness (QED) is 0.257. The first-order chi connectivity index (χ1) is 20.0. The highest BCUT2D eigenvalue weighted by molar-refractivity contribution is 6.22. The third-order valence-electron chi connectivity index (χ3n) is 6.52. The van der Waals surface area contributed by atoms with Crippen LogP contribution in [0.3, 0.4) is 0 Å². The van der Waals surface area contributed by atoms with Crippen LogP contribution in [-0.2, 0) is 0 Å². The van der Waals surface area contributed by atoms with E-state index in [4.69, 9.17) is 11.3 Å². The number of nitrogens with zero attached hydrogens (tertiary/aromatic N) is 1. The maximum atomic E-state index is 8.71. The Bertz CT molecular complexity index is 2040. The molecule has 2 heteroatoms. The summed E-state index contributed by atoms with van der Waals surface area (Å²) in [7, 11) is 0. The largest absolute Gasteiger partial charge is 0.455 e. The van der Waals surface area contributed by atoms with Gasteiger partial charge in [-0.2, -0.15) is 0 Å². The Hall–Kier alpha value is -4.82. The molecular weight excluding hydrogens is 438 g/mol. The maximum absolute atomic E-state index is 8.71. The number of hydrogen-bond donors (Lipinski definition) is 0. The molecule has 0 spiro atoms. The molecule has 36 heavy (non-hydrogen) atoms.